The van der Waals surface area contributed by atoms with Gasteiger partial charge in [0.2, 0.25) is 0 Å². The van der Waals surface area contributed by atoms with E-state index in [2.05, 4.69) is 11.6 Å². The number of alkyl halides is 10. The number of hydrogen-bond donors (Lipinski definition) is 0. The van der Waals surface area contributed by atoms with E-state index < -0.39 is 38.9 Å². The Hall–Kier alpha value is 0.460. The van der Waals surface area contributed by atoms with Crippen molar-refractivity contribution in [3.05, 3.63) is 0 Å². The molecule has 0 nitrogen and oxygen atoms in total. The van der Waals surface area contributed by atoms with Gasteiger partial charge in [-0.05, 0) is 42.7 Å². The molecule has 0 radical (unpaired) electrons. The molecule has 0 aliphatic heterocycles. The maximum atomic E-state index is 14.0. The lowest BCUT2D eigenvalue weighted by Crippen LogP contribution is -2.64. The van der Waals surface area contributed by atoms with Crippen LogP contribution in [0.3, 0.4) is 0 Å². The molecule has 0 heterocycles. The van der Waals surface area contributed by atoms with E-state index in [0.29, 0.717) is 6.42 Å². The fraction of sp³-hybridized carbons (Fsp3) is 1.00. The number of halogens is 10. The van der Waals surface area contributed by atoms with Crippen LogP contribution < -0.4 is 0 Å². The zero-order valence-corrected chi connectivity index (χ0v) is 13.1. The van der Waals surface area contributed by atoms with Crippen LogP contribution in [0, 0.1) is 17.8 Å². The van der Waals surface area contributed by atoms with Crippen LogP contribution in [-0.2, 0) is 0 Å². The van der Waals surface area contributed by atoms with E-state index in [-0.39, 0.29) is 18.8 Å². The van der Waals surface area contributed by atoms with Crippen LogP contribution in [0.5, 0.6) is 0 Å². The van der Waals surface area contributed by atoms with Crippen LogP contribution in [0.2, 0.25) is 0 Å². The fourth-order valence-electron chi connectivity index (χ4n) is 3.31. The summed E-state index contributed by atoms with van der Waals surface area (Å²) in [5.41, 5.74) is 0. The molecule has 0 aromatic heterocycles. The second kappa shape index (κ2) is 4.98. The van der Waals surface area contributed by atoms with Gasteiger partial charge in [-0.15, -0.1) is 0 Å². The average Bonchev–Trinajstić information content (AvgIpc) is 2.86. The van der Waals surface area contributed by atoms with E-state index in [1.165, 1.54) is 22.6 Å². The molecule has 0 spiro atoms. The summed E-state index contributed by atoms with van der Waals surface area (Å²) in [7, 11) is 0. The van der Waals surface area contributed by atoms with Gasteiger partial charge in [-0.25, -0.2) is 0 Å². The van der Waals surface area contributed by atoms with Gasteiger partial charge in [0.15, 0.2) is 0 Å². The highest BCUT2D eigenvalue weighted by Crippen LogP contribution is 2.63. The van der Waals surface area contributed by atoms with Crippen molar-refractivity contribution in [2.24, 2.45) is 17.8 Å². The molecule has 10 heteroatoms. The molecule has 0 amide bonds. The molecule has 2 aliphatic carbocycles. The minimum absolute atomic E-state index is 0.212. The summed E-state index contributed by atoms with van der Waals surface area (Å²) in [5, 5.41) is -5.77. The molecule has 124 valence electrons. The molecule has 2 fully saturated rings. The highest BCUT2D eigenvalue weighted by molar-refractivity contribution is 14.1. The highest BCUT2D eigenvalue weighted by atomic mass is 127. The topological polar surface area (TPSA) is 0 Å². The van der Waals surface area contributed by atoms with Crippen LogP contribution in [0.1, 0.15) is 19.3 Å². The Bertz CT molecular complexity index is 419. The van der Waals surface area contributed by atoms with E-state index >= 15 is 0 Å². The zero-order chi connectivity index (χ0) is 16.4. The molecule has 2 rings (SSSR count). The minimum Gasteiger partial charge on any atom is -0.199 e. The molecule has 0 aromatic carbocycles. The van der Waals surface area contributed by atoms with E-state index in [1.54, 1.807) is 0 Å². The van der Waals surface area contributed by atoms with Crippen LogP contribution in [-0.4, -0.2) is 27.1 Å². The normalized spacial score (nSPS) is 34.6. The second-order valence-electron chi connectivity index (χ2n) is 5.57. The SMILES string of the molecule is FC(F)(Cl)C(F)(F)C(F)(F)C(F)(F)[C@@H]1[C@H]2CC[C@H](C2)[C@H]1I. The molecule has 2 saturated carbocycles. The number of fused-ring (bicyclic) bond motifs is 2. The van der Waals surface area contributed by atoms with Gasteiger partial charge in [-0.2, -0.15) is 35.1 Å². The average molecular weight is 457 g/mol. The zero-order valence-electron chi connectivity index (χ0n) is 10.2. The van der Waals surface area contributed by atoms with Crippen molar-refractivity contribution in [2.45, 2.75) is 46.3 Å². The molecule has 4 atom stereocenters. The van der Waals surface area contributed by atoms with Crippen molar-refractivity contribution in [3.63, 3.8) is 0 Å². The van der Waals surface area contributed by atoms with Crippen molar-refractivity contribution in [2.75, 3.05) is 0 Å². The van der Waals surface area contributed by atoms with E-state index in [0.717, 1.165) is 0 Å². The number of hydrogen-bond acceptors (Lipinski definition) is 0. The fourth-order valence-corrected chi connectivity index (χ4v) is 5.12. The second-order valence-corrected chi connectivity index (χ2v) is 7.49. The van der Waals surface area contributed by atoms with E-state index in [9.17, 15) is 35.1 Å². The van der Waals surface area contributed by atoms with Gasteiger partial charge >= 0.3 is 23.1 Å². The first kappa shape index (κ1) is 17.8. The van der Waals surface area contributed by atoms with Crippen LogP contribution in [0.15, 0.2) is 0 Å². The predicted octanol–water partition coefficient (Wildman–Crippen LogP) is 5.57. The van der Waals surface area contributed by atoms with Gasteiger partial charge in [0.05, 0.1) is 0 Å². The first-order valence-corrected chi connectivity index (χ1v) is 7.71. The largest absolute Gasteiger partial charge is 0.392 e. The smallest absolute Gasteiger partial charge is 0.199 e. The van der Waals surface area contributed by atoms with Crippen molar-refractivity contribution < 1.29 is 35.1 Å². The Balaban J connectivity index is 2.38. The lowest BCUT2D eigenvalue weighted by Gasteiger charge is -2.41. The molecule has 0 saturated heterocycles. The van der Waals surface area contributed by atoms with Crippen molar-refractivity contribution in [1.82, 2.24) is 0 Å². The summed E-state index contributed by atoms with van der Waals surface area (Å²) < 4.78 is 105. The molecule has 0 unspecified atom stereocenters. The molecule has 0 aromatic rings. The Morgan fingerprint density at radius 3 is 1.67 bits per heavy atom. The summed E-state index contributed by atoms with van der Waals surface area (Å²) in [6.07, 6.45) is 0.995. The van der Waals surface area contributed by atoms with E-state index in [4.69, 9.17) is 0 Å². The third kappa shape index (κ3) is 2.35. The summed E-state index contributed by atoms with van der Waals surface area (Å²) in [6, 6.07) is 0. The lowest BCUT2D eigenvalue weighted by molar-refractivity contribution is -0.361. The van der Waals surface area contributed by atoms with Gasteiger partial charge in [-0.1, -0.05) is 22.6 Å². The van der Waals surface area contributed by atoms with Crippen LogP contribution in [0.25, 0.3) is 0 Å². The van der Waals surface area contributed by atoms with Crippen molar-refractivity contribution in [3.8, 4) is 0 Å². The monoisotopic (exact) mass is 456 g/mol. The molecular weight excluding hydrogens is 446 g/mol. The van der Waals surface area contributed by atoms with Gasteiger partial charge < -0.3 is 0 Å². The summed E-state index contributed by atoms with van der Waals surface area (Å²) in [6.45, 7) is 0. The minimum atomic E-state index is -6.34. The van der Waals surface area contributed by atoms with Crippen molar-refractivity contribution >= 4 is 34.2 Å². The molecular formula is C11H10ClF8I. The summed E-state index contributed by atoms with van der Waals surface area (Å²) in [5.74, 6) is -21.0. The Morgan fingerprint density at radius 1 is 0.810 bits per heavy atom. The van der Waals surface area contributed by atoms with Crippen molar-refractivity contribution in [1.29, 1.82) is 0 Å². The first-order chi connectivity index (χ1) is 9.25. The third-order valence-corrected chi connectivity index (χ3v) is 6.43. The van der Waals surface area contributed by atoms with Crippen LogP contribution >= 0.6 is 34.2 Å². The highest BCUT2D eigenvalue weighted by Gasteiger charge is 2.83. The van der Waals surface area contributed by atoms with Gasteiger partial charge in [0.25, 0.3) is 0 Å². The standard InChI is InChI=1S/C11H10ClF8I/c12-11(19,20)10(17,18)9(15,16)8(13,14)6-4-1-2-5(3-4)7(6)21/h4-7H,1-3H2/t4-,5+,6+,7+/m0/s1. The summed E-state index contributed by atoms with van der Waals surface area (Å²) >= 11 is 5.46. The molecule has 2 aliphatic rings. The predicted molar refractivity (Wildman–Crippen MR) is 67.8 cm³/mol. The maximum Gasteiger partial charge on any atom is 0.392 e. The Labute approximate surface area is 133 Å². The molecule has 21 heavy (non-hydrogen) atoms. The Kier molecular flexibility index (Phi) is 4.22. The molecule has 2 bridgehead atoms. The lowest BCUT2D eigenvalue weighted by atomic mass is 9.80. The van der Waals surface area contributed by atoms with Gasteiger partial charge in [-0.3, -0.25) is 0 Å². The number of rotatable bonds is 4. The molecule has 0 N–H and O–H groups in total. The Morgan fingerprint density at radius 2 is 1.29 bits per heavy atom. The maximum absolute atomic E-state index is 14.0. The quantitative estimate of drug-likeness (QED) is 0.295. The van der Waals surface area contributed by atoms with E-state index in [1.807, 2.05) is 0 Å². The third-order valence-electron chi connectivity index (χ3n) is 4.40. The van der Waals surface area contributed by atoms with Crippen LogP contribution in [0.4, 0.5) is 35.1 Å². The summed E-state index contributed by atoms with van der Waals surface area (Å²) in [4.78, 5) is 0. The van der Waals surface area contributed by atoms with Gasteiger partial charge in [0, 0.05) is 9.84 Å². The van der Waals surface area contributed by atoms with Gasteiger partial charge in [0.1, 0.15) is 0 Å². The first-order valence-electron chi connectivity index (χ1n) is 6.09.